The topological polar surface area (TPSA) is 38.3 Å². The normalized spacial score (nSPS) is 11.6. The van der Waals surface area contributed by atoms with Crippen LogP contribution in [0.1, 0.15) is 34.5 Å². The minimum absolute atomic E-state index is 0.0585. The fraction of sp³-hybridized carbons (Fsp3) is 0.136. The number of hydrogen-bond donors (Lipinski definition) is 1. The van der Waals surface area contributed by atoms with Crippen LogP contribution in [0.3, 0.4) is 0 Å². The number of amides is 1. The quantitative estimate of drug-likeness (QED) is 0.707. The minimum Gasteiger partial charge on any atom is -0.489 e. The molecule has 0 aliphatic rings. The van der Waals surface area contributed by atoms with Crippen LogP contribution in [0.25, 0.3) is 0 Å². The van der Waals surface area contributed by atoms with E-state index in [1.54, 1.807) is 0 Å². The van der Waals surface area contributed by atoms with Gasteiger partial charge in [0.05, 0.1) is 6.04 Å². The molecule has 0 unspecified atom stereocenters. The summed E-state index contributed by atoms with van der Waals surface area (Å²) < 4.78 is 5.79. The van der Waals surface area contributed by atoms with Gasteiger partial charge in [0.25, 0.3) is 5.91 Å². The average Bonchev–Trinajstić information content (AvgIpc) is 2.68. The highest BCUT2D eigenvalue weighted by molar-refractivity contribution is 5.95. The molecule has 0 aliphatic heterocycles. The molecule has 1 amide bonds. The molecule has 0 aromatic heterocycles. The maximum atomic E-state index is 12.7. The molecule has 0 saturated carbocycles. The van der Waals surface area contributed by atoms with Crippen molar-refractivity contribution < 1.29 is 9.53 Å². The van der Waals surface area contributed by atoms with Crippen molar-refractivity contribution >= 4 is 5.91 Å². The fourth-order valence-electron chi connectivity index (χ4n) is 2.64. The second-order valence-corrected chi connectivity index (χ2v) is 5.86. The highest BCUT2D eigenvalue weighted by Gasteiger charge is 2.14. The van der Waals surface area contributed by atoms with Gasteiger partial charge in [-0.15, -0.1) is 0 Å². The van der Waals surface area contributed by atoms with Crippen molar-refractivity contribution in [3.05, 3.63) is 102 Å². The van der Waals surface area contributed by atoms with Gasteiger partial charge in [-0.3, -0.25) is 4.79 Å². The van der Waals surface area contributed by atoms with Gasteiger partial charge < -0.3 is 10.1 Å². The molecular weight excluding hydrogens is 310 g/mol. The molecular formula is C22H21NO2. The molecule has 1 N–H and O–H groups in total. The molecule has 0 fully saturated rings. The van der Waals surface area contributed by atoms with Crippen LogP contribution in [0, 0.1) is 0 Å². The van der Waals surface area contributed by atoms with E-state index in [4.69, 9.17) is 4.74 Å². The van der Waals surface area contributed by atoms with Crippen LogP contribution in [-0.2, 0) is 6.61 Å². The number of ether oxygens (including phenoxy) is 1. The van der Waals surface area contributed by atoms with Gasteiger partial charge in [0, 0.05) is 11.1 Å². The summed E-state index contributed by atoms with van der Waals surface area (Å²) in [5.41, 5.74) is 2.58. The number of nitrogens with one attached hydrogen (secondary N) is 1. The number of benzene rings is 3. The highest BCUT2D eigenvalue weighted by atomic mass is 16.5. The van der Waals surface area contributed by atoms with Crippen molar-refractivity contribution in [1.82, 2.24) is 5.32 Å². The number of carbonyl (C=O) groups excluding carboxylic acids is 1. The van der Waals surface area contributed by atoms with Crippen LogP contribution in [0.2, 0.25) is 0 Å². The van der Waals surface area contributed by atoms with E-state index >= 15 is 0 Å². The smallest absolute Gasteiger partial charge is 0.252 e. The lowest BCUT2D eigenvalue weighted by Crippen LogP contribution is -2.27. The SMILES string of the molecule is C[C@@H](NC(=O)c1ccccc1COc1ccccc1)c1ccccc1. The molecule has 0 bridgehead atoms. The van der Waals surface area contributed by atoms with Crippen molar-refractivity contribution in [1.29, 1.82) is 0 Å². The molecule has 126 valence electrons. The lowest BCUT2D eigenvalue weighted by Gasteiger charge is -2.16. The average molecular weight is 331 g/mol. The van der Waals surface area contributed by atoms with E-state index in [0.29, 0.717) is 12.2 Å². The van der Waals surface area contributed by atoms with E-state index in [0.717, 1.165) is 16.9 Å². The fourth-order valence-corrected chi connectivity index (χ4v) is 2.64. The minimum atomic E-state index is -0.0939. The number of hydrogen-bond acceptors (Lipinski definition) is 2. The Morgan fingerprint density at radius 3 is 2.20 bits per heavy atom. The molecule has 0 aliphatic carbocycles. The third kappa shape index (κ3) is 4.48. The Morgan fingerprint density at radius 2 is 1.48 bits per heavy atom. The Hall–Kier alpha value is -3.07. The monoisotopic (exact) mass is 331 g/mol. The van der Waals surface area contributed by atoms with E-state index in [1.807, 2.05) is 91.9 Å². The van der Waals surface area contributed by atoms with Crippen molar-refractivity contribution in [3.63, 3.8) is 0 Å². The summed E-state index contributed by atoms with van der Waals surface area (Å²) in [4.78, 5) is 12.7. The molecule has 3 heteroatoms. The molecule has 0 heterocycles. The summed E-state index contributed by atoms with van der Waals surface area (Å²) in [5, 5.41) is 3.06. The lowest BCUT2D eigenvalue weighted by molar-refractivity contribution is 0.0937. The Bertz CT molecular complexity index is 816. The Kier molecular flexibility index (Phi) is 5.47. The standard InChI is InChI=1S/C22H21NO2/c1-17(18-10-4-2-5-11-18)23-22(24)21-15-9-8-12-19(21)16-25-20-13-6-3-7-14-20/h2-15,17H,16H2,1H3,(H,23,24)/t17-/m1/s1. The summed E-state index contributed by atoms with van der Waals surface area (Å²) in [6.45, 7) is 2.34. The van der Waals surface area contributed by atoms with Crippen molar-refractivity contribution in [3.8, 4) is 5.75 Å². The molecule has 3 aromatic carbocycles. The zero-order valence-corrected chi connectivity index (χ0v) is 14.2. The first-order valence-corrected chi connectivity index (χ1v) is 8.35. The lowest BCUT2D eigenvalue weighted by atomic mass is 10.1. The summed E-state index contributed by atoms with van der Waals surface area (Å²) in [6, 6.07) is 27.0. The van der Waals surface area contributed by atoms with Crippen LogP contribution in [0.5, 0.6) is 5.75 Å². The van der Waals surface area contributed by atoms with E-state index in [-0.39, 0.29) is 11.9 Å². The first kappa shape index (κ1) is 16.8. The summed E-state index contributed by atoms with van der Waals surface area (Å²) in [6.07, 6.45) is 0. The van der Waals surface area contributed by atoms with Gasteiger partial charge in [0.2, 0.25) is 0 Å². The third-order valence-electron chi connectivity index (χ3n) is 4.05. The first-order valence-electron chi connectivity index (χ1n) is 8.35. The van der Waals surface area contributed by atoms with E-state index in [2.05, 4.69) is 5.32 Å². The number of carbonyl (C=O) groups is 1. The van der Waals surface area contributed by atoms with E-state index < -0.39 is 0 Å². The molecule has 1 atom stereocenters. The molecule has 0 radical (unpaired) electrons. The molecule has 0 spiro atoms. The Morgan fingerprint density at radius 1 is 0.880 bits per heavy atom. The first-order chi connectivity index (χ1) is 12.2. The van der Waals surface area contributed by atoms with Crippen LogP contribution >= 0.6 is 0 Å². The summed E-state index contributed by atoms with van der Waals surface area (Å²) in [5.74, 6) is 0.693. The molecule has 3 rings (SSSR count). The van der Waals surface area contributed by atoms with Crippen molar-refractivity contribution in [2.45, 2.75) is 19.6 Å². The second kappa shape index (κ2) is 8.15. The highest BCUT2D eigenvalue weighted by Crippen LogP contribution is 2.17. The van der Waals surface area contributed by atoms with E-state index in [9.17, 15) is 4.79 Å². The van der Waals surface area contributed by atoms with Crippen LogP contribution in [0.15, 0.2) is 84.9 Å². The predicted octanol–water partition coefficient (Wildman–Crippen LogP) is 4.76. The summed E-state index contributed by atoms with van der Waals surface area (Å²) >= 11 is 0. The van der Waals surface area contributed by atoms with Gasteiger partial charge >= 0.3 is 0 Å². The van der Waals surface area contributed by atoms with Gasteiger partial charge in [-0.1, -0.05) is 66.7 Å². The van der Waals surface area contributed by atoms with Gasteiger partial charge in [0.15, 0.2) is 0 Å². The Labute approximate surface area is 148 Å². The maximum absolute atomic E-state index is 12.7. The molecule has 25 heavy (non-hydrogen) atoms. The van der Waals surface area contributed by atoms with Crippen LogP contribution < -0.4 is 10.1 Å². The predicted molar refractivity (Wildman–Crippen MR) is 99.5 cm³/mol. The molecule has 3 aromatic rings. The van der Waals surface area contributed by atoms with Gasteiger partial charge in [-0.25, -0.2) is 0 Å². The Balaban J connectivity index is 1.70. The zero-order chi connectivity index (χ0) is 17.5. The van der Waals surface area contributed by atoms with Gasteiger partial charge in [0.1, 0.15) is 12.4 Å². The largest absolute Gasteiger partial charge is 0.489 e. The number of para-hydroxylation sites is 1. The van der Waals surface area contributed by atoms with Crippen molar-refractivity contribution in [2.24, 2.45) is 0 Å². The molecule has 0 saturated heterocycles. The van der Waals surface area contributed by atoms with Crippen LogP contribution in [0.4, 0.5) is 0 Å². The second-order valence-electron chi connectivity index (χ2n) is 5.86. The third-order valence-corrected chi connectivity index (χ3v) is 4.05. The molecule has 3 nitrogen and oxygen atoms in total. The van der Waals surface area contributed by atoms with E-state index in [1.165, 1.54) is 0 Å². The zero-order valence-electron chi connectivity index (χ0n) is 14.2. The summed E-state index contributed by atoms with van der Waals surface area (Å²) in [7, 11) is 0. The van der Waals surface area contributed by atoms with Crippen LogP contribution in [-0.4, -0.2) is 5.91 Å². The van der Waals surface area contributed by atoms with Gasteiger partial charge in [-0.05, 0) is 30.7 Å². The van der Waals surface area contributed by atoms with Crippen molar-refractivity contribution in [2.75, 3.05) is 0 Å². The maximum Gasteiger partial charge on any atom is 0.252 e. The van der Waals surface area contributed by atoms with Gasteiger partial charge in [-0.2, -0.15) is 0 Å². The number of rotatable bonds is 6.